The van der Waals surface area contributed by atoms with Crippen LogP contribution in [-0.2, 0) is 11.3 Å². The van der Waals surface area contributed by atoms with Crippen LogP contribution in [0.4, 0.5) is 0 Å². The van der Waals surface area contributed by atoms with Crippen LogP contribution in [0.1, 0.15) is 30.5 Å². The summed E-state index contributed by atoms with van der Waals surface area (Å²) < 4.78 is 5.15. The van der Waals surface area contributed by atoms with Gasteiger partial charge >= 0.3 is 0 Å². The average molecular weight is 263 g/mol. The Kier molecular flexibility index (Phi) is 5.99. The Morgan fingerprint density at radius 2 is 2.11 bits per heavy atom. The van der Waals surface area contributed by atoms with Gasteiger partial charge in [0.2, 0.25) is 0 Å². The molecule has 0 radical (unpaired) electrons. The van der Waals surface area contributed by atoms with Crippen LogP contribution < -0.4 is 5.73 Å². The van der Waals surface area contributed by atoms with Crippen molar-refractivity contribution in [3.8, 4) is 0 Å². The maximum atomic E-state index is 7.45. The van der Waals surface area contributed by atoms with Gasteiger partial charge in [0, 0.05) is 31.8 Å². The van der Waals surface area contributed by atoms with E-state index in [0.717, 1.165) is 25.3 Å². The standard InChI is InChI=1S/C15H25N3O/c1-11(2)18(7-8-19-4)10-14-6-5-13(15(16)17)9-12(14)3/h5-6,9,11H,7-8,10H2,1-4H3,(H3,16,17). The van der Waals surface area contributed by atoms with Gasteiger partial charge in [-0.2, -0.15) is 0 Å². The van der Waals surface area contributed by atoms with Crippen LogP contribution in [0.25, 0.3) is 0 Å². The Bertz CT molecular complexity index is 429. The van der Waals surface area contributed by atoms with Crippen molar-refractivity contribution in [3.63, 3.8) is 0 Å². The van der Waals surface area contributed by atoms with Gasteiger partial charge in [-0.15, -0.1) is 0 Å². The van der Waals surface area contributed by atoms with Crippen LogP contribution in [-0.4, -0.2) is 37.0 Å². The molecule has 0 aliphatic rings. The second-order valence-corrected chi connectivity index (χ2v) is 5.11. The van der Waals surface area contributed by atoms with Crippen molar-refractivity contribution in [1.29, 1.82) is 5.41 Å². The van der Waals surface area contributed by atoms with E-state index in [9.17, 15) is 0 Å². The first-order valence-corrected chi connectivity index (χ1v) is 6.62. The SMILES string of the molecule is COCCN(Cc1ccc(C(=N)N)cc1C)C(C)C. The van der Waals surface area contributed by atoms with Crippen LogP contribution in [0.2, 0.25) is 0 Å². The highest BCUT2D eigenvalue weighted by molar-refractivity contribution is 5.95. The fraction of sp³-hybridized carbons (Fsp3) is 0.533. The van der Waals surface area contributed by atoms with Crippen LogP contribution in [0, 0.1) is 12.3 Å². The maximum absolute atomic E-state index is 7.45. The van der Waals surface area contributed by atoms with Crippen LogP contribution in [0.5, 0.6) is 0 Å². The number of ether oxygens (including phenoxy) is 1. The zero-order valence-electron chi connectivity index (χ0n) is 12.4. The van der Waals surface area contributed by atoms with Gasteiger partial charge < -0.3 is 10.5 Å². The van der Waals surface area contributed by atoms with Gasteiger partial charge in [-0.3, -0.25) is 10.3 Å². The molecule has 0 saturated heterocycles. The normalized spacial score (nSPS) is 11.3. The summed E-state index contributed by atoms with van der Waals surface area (Å²) in [5, 5.41) is 7.45. The van der Waals surface area contributed by atoms with Gasteiger partial charge in [0.05, 0.1) is 6.61 Å². The van der Waals surface area contributed by atoms with Gasteiger partial charge in [-0.1, -0.05) is 12.1 Å². The number of amidine groups is 1. The summed E-state index contributed by atoms with van der Waals surface area (Å²) >= 11 is 0. The third kappa shape index (κ3) is 4.65. The van der Waals surface area contributed by atoms with Crippen molar-refractivity contribution in [2.45, 2.75) is 33.4 Å². The van der Waals surface area contributed by atoms with E-state index in [1.165, 1.54) is 11.1 Å². The molecule has 4 nitrogen and oxygen atoms in total. The van der Waals surface area contributed by atoms with Gasteiger partial charge in [0.1, 0.15) is 5.84 Å². The van der Waals surface area contributed by atoms with Gasteiger partial charge in [-0.25, -0.2) is 0 Å². The molecule has 4 heteroatoms. The molecule has 1 aromatic rings. The Labute approximate surface area is 116 Å². The van der Waals surface area contributed by atoms with Crippen molar-refractivity contribution in [3.05, 3.63) is 34.9 Å². The lowest BCUT2D eigenvalue weighted by Gasteiger charge is -2.27. The topological polar surface area (TPSA) is 62.3 Å². The molecule has 0 unspecified atom stereocenters. The smallest absolute Gasteiger partial charge is 0.122 e. The third-order valence-electron chi connectivity index (χ3n) is 3.34. The summed E-state index contributed by atoms with van der Waals surface area (Å²) in [6.45, 7) is 9.00. The van der Waals surface area contributed by atoms with Crippen molar-refractivity contribution < 1.29 is 4.74 Å². The highest BCUT2D eigenvalue weighted by Gasteiger charge is 2.11. The molecule has 0 bridgehead atoms. The second-order valence-electron chi connectivity index (χ2n) is 5.11. The van der Waals surface area contributed by atoms with Gasteiger partial charge in [0.25, 0.3) is 0 Å². The van der Waals surface area contributed by atoms with Crippen molar-refractivity contribution in [2.24, 2.45) is 5.73 Å². The minimum Gasteiger partial charge on any atom is -0.384 e. The molecule has 19 heavy (non-hydrogen) atoms. The monoisotopic (exact) mass is 263 g/mol. The number of aryl methyl sites for hydroxylation is 1. The molecule has 0 spiro atoms. The molecule has 0 saturated carbocycles. The number of methoxy groups -OCH3 is 1. The predicted octanol–water partition coefficient (Wildman–Crippen LogP) is 2.14. The molecule has 0 fully saturated rings. The average Bonchev–Trinajstić information content (AvgIpc) is 2.35. The highest BCUT2D eigenvalue weighted by Crippen LogP contribution is 2.15. The van der Waals surface area contributed by atoms with Crippen LogP contribution in [0.3, 0.4) is 0 Å². The molecular weight excluding hydrogens is 238 g/mol. The summed E-state index contributed by atoms with van der Waals surface area (Å²) in [4.78, 5) is 2.37. The number of nitrogens with two attached hydrogens (primary N) is 1. The quantitative estimate of drug-likeness (QED) is 0.585. The summed E-state index contributed by atoms with van der Waals surface area (Å²) in [5.74, 6) is 0.120. The molecule has 0 aliphatic heterocycles. The largest absolute Gasteiger partial charge is 0.384 e. The number of benzene rings is 1. The number of nitrogens with one attached hydrogen (secondary N) is 1. The molecule has 0 heterocycles. The molecule has 1 aromatic carbocycles. The molecule has 1 rings (SSSR count). The summed E-state index contributed by atoms with van der Waals surface area (Å²) in [7, 11) is 1.73. The number of hydrogen-bond donors (Lipinski definition) is 2. The van der Waals surface area contributed by atoms with Crippen LogP contribution in [0.15, 0.2) is 18.2 Å². The van der Waals surface area contributed by atoms with E-state index < -0.39 is 0 Å². The van der Waals surface area contributed by atoms with E-state index in [0.29, 0.717) is 6.04 Å². The van der Waals surface area contributed by atoms with Crippen molar-refractivity contribution in [1.82, 2.24) is 4.90 Å². The lowest BCUT2D eigenvalue weighted by atomic mass is 10.0. The second kappa shape index (κ2) is 7.26. The fourth-order valence-electron chi connectivity index (χ4n) is 1.99. The Balaban J connectivity index is 2.81. The zero-order valence-corrected chi connectivity index (χ0v) is 12.4. The van der Waals surface area contributed by atoms with E-state index in [1.54, 1.807) is 7.11 Å². The minimum atomic E-state index is 0.120. The first-order chi connectivity index (χ1) is 8.95. The van der Waals surface area contributed by atoms with Crippen molar-refractivity contribution >= 4 is 5.84 Å². The fourth-order valence-corrected chi connectivity index (χ4v) is 1.99. The molecule has 0 atom stereocenters. The summed E-state index contributed by atoms with van der Waals surface area (Å²) in [5.41, 5.74) is 8.74. The summed E-state index contributed by atoms with van der Waals surface area (Å²) in [6.07, 6.45) is 0. The third-order valence-corrected chi connectivity index (χ3v) is 3.34. The first kappa shape index (κ1) is 15.7. The number of hydrogen-bond acceptors (Lipinski definition) is 3. The lowest BCUT2D eigenvalue weighted by molar-refractivity contribution is 0.125. The molecule has 0 amide bonds. The predicted molar refractivity (Wildman–Crippen MR) is 79.6 cm³/mol. The Morgan fingerprint density at radius 1 is 1.42 bits per heavy atom. The molecule has 106 valence electrons. The maximum Gasteiger partial charge on any atom is 0.122 e. The minimum absolute atomic E-state index is 0.120. The number of nitrogens with zero attached hydrogens (tertiary/aromatic N) is 1. The summed E-state index contributed by atoms with van der Waals surface area (Å²) in [6, 6.07) is 6.43. The van der Waals surface area contributed by atoms with Gasteiger partial charge in [0.15, 0.2) is 0 Å². The number of rotatable bonds is 7. The molecule has 3 N–H and O–H groups in total. The lowest BCUT2D eigenvalue weighted by Crippen LogP contribution is -2.33. The van der Waals surface area contributed by atoms with E-state index in [1.807, 2.05) is 12.1 Å². The Hall–Kier alpha value is -1.39. The number of nitrogen functional groups attached to an aromatic ring is 1. The van der Waals surface area contributed by atoms with Crippen molar-refractivity contribution in [2.75, 3.05) is 20.3 Å². The van der Waals surface area contributed by atoms with E-state index in [-0.39, 0.29) is 5.84 Å². The Morgan fingerprint density at radius 3 is 2.58 bits per heavy atom. The van der Waals surface area contributed by atoms with Gasteiger partial charge in [-0.05, 0) is 38.0 Å². The molecule has 0 aliphatic carbocycles. The zero-order chi connectivity index (χ0) is 14.4. The molecule has 0 aromatic heterocycles. The van der Waals surface area contributed by atoms with E-state index >= 15 is 0 Å². The van der Waals surface area contributed by atoms with E-state index in [4.69, 9.17) is 15.9 Å². The highest BCUT2D eigenvalue weighted by atomic mass is 16.5. The first-order valence-electron chi connectivity index (χ1n) is 6.62. The molecular formula is C15H25N3O. The van der Waals surface area contributed by atoms with E-state index in [2.05, 4.69) is 31.7 Å². The van der Waals surface area contributed by atoms with Crippen LogP contribution >= 0.6 is 0 Å².